The fraction of sp³-hybridized carbons (Fsp3) is 0.350. The number of nitrogens with zero attached hydrogens (tertiary/aromatic N) is 3. The van der Waals surface area contributed by atoms with Gasteiger partial charge in [0, 0.05) is 32.6 Å². The van der Waals surface area contributed by atoms with E-state index in [0.29, 0.717) is 32.6 Å². The van der Waals surface area contributed by atoms with Gasteiger partial charge in [0.15, 0.2) is 0 Å². The van der Waals surface area contributed by atoms with Crippen molar-refractivity contribution in [2.45, 2.75) is 19.3 Å². The topological polar surface area (TPSA) is 53.5 Å². The van der Waals surface area contributed by atoms with Crippen LogP contribution < -0.4 is 0 Å². The van der Waals surface area contributed by atoms with Crippen LogP contribution in [0, 0.1) is 0 Å². The van der Waals surface area contributed by atoms with Crippen molar-refractivity contribution < 1.29 is 9.59 Å². The summed E-state index contributed by atoms with van der Waals surface area (Å²) in [6.45, 7) is 2.47. The summed E-state index contributed by atoms with van der Waals surface area (Å²) in [5.74, 6) is 0.257. The molecule has 1 fully saturated rings. The van der Waals surface area contributed by atoms with Gasteiger partial charge < -0.3 is 9.80 Å². The fourth-order valence-corrected chi connectivity index (χ4v) is 4.99. The van der Waals surface area contributed by atoms with Gasteiger partial charge in [-0.1, -0.05) is 18.2 Å². The van der Waals surface area contributed by atoms with E-state index < -0.39 is 0 Å². The molecule has 0 aliphatic carbocycles. The van der Waals surface area contributed by atoms with Gasteiger partial charge in [0.1, 0.15) is 0 Å². The van der Waals surface area contributed by atoms with Crippen LogP contribution in [0.4, 0.5) is 0 Å². The average Bonchev–Trinajstić information content (AvgIpc) is 3.37. The number of rotatable bonds is 5. The van der Waals surface area contributed by atoms with Crippen LogP contribution in [0.25, 0.3) is 10.2 Å². The number of thiophene rings is 1. The van der Waals surface area contributed by atoms with Crippen LogP contribution >= 0.6 is 22.7 Å². The molecule has 1 aliphatic rings. The number of para-hydroxylation sites is 1. The lowest BCUT2D eigenvalue weighted by Crippen LogP contribution is -2.50. The van der Waals surface area contributed by atoms with Gasteiger partial charge in [-0.2, -0.15) is 0 Å². The number of aromatic nitrogens is 1. The Kier molecular flexibility index (Phi) is 5.50. The maximum absolute atomic E-state index is 12.5. The Morgan fingerprint density at radius 3 is 2.52 bits per heavy atom. The lowest BCUT2D eigenvalue weighted by Gasteiger charge is -2.34. The predicted molar refractivity (Wildman–Crippen MR) is 109 cm³/mol. The Morgan fingerprint density at radius 1 is 1.00 bits per heavy atom. The molecule has 0 N–H and O–H groups in total. The molecular weight excluding hydrogens is 378 g/mol. The molecule has 1 aromatic carbocycles. The van der Waals surface area contributed by atoms with Crippen LogP contribution in [-0.2, 0) is 11.2 Å². The molecule has 0 radical (unpaired) electrons. The van der Waals surface area contributed by atoms with Gasteiger partial charge in [0.2, 0.25) is 5.91 Å². The number of amides is 2. The number of hydrogen-bond donors (Lipinski definition) is 0. The first-order valence-electron chi connectivity index (χ1n) is 9.16. The van der Waals surface area contributed by atoms with E-state index >= 15 is 0 Å². The van der Waals surface area contributed by atoms with Gasteiger partial charge in [-0.25, -0.2) is 4.98 Å². The maximum Gasteiger partial charge on any atom is 0.264 e. The Balaban J connectivity index is 1.23. The molecule has 0 bridgehead atoms. The first kappa shape index (κ1) is 18.1. The van der Waals surface area contributed by atoms with Gasteiger partial charge in [-0.15, -0.1) is 22.7 Å². The Bertz CT molecular complexity index is 895. The summed E-state index contributed by atoms with van der Waals surface area (Å²) in [6.07, 6.45) is 2.18. The first-order chi connectivity index (χ1) is 13.2. The largest absolute Gasteiger partial charge is 0.339 e. The van der Waals surface area contributed by atoms with Crippen LogP contribution in [0.5, 0.6) is 0 Å². The highest BCUT2D eigenvalue weighted by Gasteiger charge is 2.25. The van der Waals surface area contributed by atoms with Gasteiger partial charge in [-0.05, 0) is 36.4 Å². The van der Waals surface area contributed by atoms with Crippen molar-refractivity contribution in [3.05, 3.63) is 51.7 Å². The summed E-state index contributed by atoms with van der Waals surface area (Å²) in [5.41, 5.74) is 1.04. The number of benzene rings is 1. The van der Waals surface area contributed by atoms with Gasteiger partial charge in [-0.3, -0.25) is 9.59 Å². The lowest BCUT2D eigenvalue weighted by atomic mass is 10.2. The van der Waals surface area contributed by atoms with E-state index in [1.807, 2.05) is 45.5 Å². The SMILES string of the molecule is O=C(CCCc1nc2ccccc2s1)N1CCN(C(=O)c2cccs2)CC1. The third-order valence-electron chi connectivity index (χ3n) is 4.77. The molecule has 2 amide bonds. The van der Waals surface area contributed by atoms with Gasteiger partial charge in [0.05, 0.1) is 20.1 Å². The Morgan fingerprint density at radius 2 is 1.78 bits per heavy atom. The van der Waals surface area contributed by atoms with E-state index in [4.69, 9.17) is 0 Å². The van der Waals surface area contributed by atoms with Crippen LogP contribution in [0.2, 0.25) is 0 Å². The molecule has 5 nitrogen and oxygen atoms in total. The van der Waals surface area contributed by atoms with Crippen molar-refractivity contribution in [3.8, 4) is 0 Å². The van der Waals surface area contributed by atoms with Crippen molar-refractivity contribution in [2.24, 2.45) is 0 Å². The summed E-state index contributed by atoms with van der Waals surface area (Å²) in [6, 6.07) is 11.9. The second-order valence-electron chi connectivity index (χ2n) is 6.58. The molecule has 0 saturated carbocycles. The molecule has 7 heteroatoms. The molecular formula is C20H21N3O2S2. The molecule has 1 aliphatic heterocycles. The van der Waals surface area contributed by atoms with E-state index in [9.17, 15) is 9.59 Å². The molecule has 0 atom stereocenters. The molecule has 27 heavy (non-hydrogen) atoms. The number of thiazole rings is 1. The summed E-state index contributed by atoms with van der Waals surface area (Å²) in [7, 11) is 0. The summed E-state index contributed by atoms with van der Waals surface area (Å²) >= 11 is 3.17. The quantitative estimate of drug-likeness (QED) is 0.658. The minimum atomic E-state index is 0.0768. The number of hydrogen-bond acceptors (Lipinski definition) is 5. The second-order valence-corrected chi connectivity index (χ2v) is 8.64. The Labute approximate surface area is 166 Å². The molecule has 4 rings (SSSR count). The lowest BCUT2D eigenvalue weighted by molar-refractivity contribution is -0.132. The van der Waals surface area contributed by atoms with Crippen molar-refractivity contribution in [1.82, 2.24) is 14.8 Å². The summed E-state index contributed by atoms with van der Waals surface area (Å²) in [4.78, 5) is 34.0. The average molecular weight is 400 g/mol. The highest BCUT2D eigenvalue weighted by molar-refractivity contribution is 7.18. The molecule has 0 spiro atoms. The van der Waals surface area contributed by atoms with Crippen molar-refractivity contribution >= 4 is 44.7 Å². The highest BCUT2D eigenvalue weighted by atomic mass is 32.1. The number of fused-ring (bicyclic) bond motifs is 1. The normalized spacial score (nSPS) is 14.7. The standard InChI is InChI=1S/C20H21N3O2S2/c24-19(9-3-8-18-21-15-5-1-2-6-16(15)27-18)22-10-12-23(13-11-22)20(25)17-7-4-14-26-17/h1-2,4-7,14H,3,8-13H2. The number of carbonyl (C=O) groups excluding carboxylic acids is 2. The second kappa shape index (κ2) is 8.19. The highest BCUT2D eigenvalue weighted by Crippen LogP contribution is 2.23. The number of piperazine rings is 1. The van der Waals surface area contributed by atoms with Gasteiger partial charge >= 0.3 is 0 Å². The third-order valence-corrected chi connectivity index (χ3v) is 6.73. The van der Waals surface area contributed by atoms with Crippen molar-refractivity contribution in [2.75, 3.05) is 26.2 Å². The molecule has 2 aromatic heterocycles. The van der Waals surface area contributed by atoms with Crippen molar-refractivity contribution in [3.63, 3.8) is 0 Å². The molecule has 3 aromatic rings. The smallest absolute Gasteiger partial charge is 0.264 e. The third kappa shape index (κ3) is 4.20. The zero-order chi connectivity index (χ0) is 18.6. The monoisotopic (exact) mass is 399 g/mol. The minimum Gasteiger partial charge on any atom is -0.339 e. The number of carbonyl (C=O) groups is 2. The van der Waals surface area contributed by atoms with E-state index in [1.54, 1.807) is 11.3 Å². The molecule has 0 unspecified atom stereocenters. The Hall–Kier alpha value is -2.25. The molecule has 1 saturated heterocycles. The van der Waals surface area contributed by atoms with E-state index in [2.05, 4.69) is 11.1 Å². The van der Waals surface area contributed by atoms with E-state index in [1.165, 1.54) is 16.0 Å². The summed E-state index contributed by atoms with van der Waals surface area (Å²) < 4.78 is 1.20. The van der Waals surface area contributed by atoms with E-state index in [-0.39, 0.29) is 11.8 Å². The molecule has 140 valence electrons. The van der Waals surface area contributed by atoms with Crippen molar-refractivity contribution in [1.29, 1.82) is 0 Å². The maximum atomic E-state index is 12.5. The van der Waals surface area contributed by atoms with Crippen LogP contribution in [0.1, 0.15) is 27.5 Å². The van der Waals surface area contributed by atoms with Crippen LogP contribution in [0.15, 0.2) is 41.8 Å². The van der Waals surface area contributed by atoms with Crippen LogP contribution in [0.3, 0.4) is 0 Å². The van der Waals surface area contributed by atoms with Crippen LogP contribution in [-0.4, -0.2) is 52.8 Å². The number of aryl methyl sites for hydroxylation is 1. The zero-order valence-corrected chi connectivity index (χ0v) is 16.6. The van der Waals surface area contributed by atoms with E-state index in [0.717, 1.165) is 28.2 Å². The van der Waals surface area contributed by atoms with Gasteiger partial charge in [0.25, 0.3) is 5.91 Å². The summed E-state index contributed by atoms with van der Waals surface area (Å²) in [5, 5.41) is 3.01. The first-order valence-corrected chi connectivity index (χ1v) is 10.9. The predicted octanol–water partition coefficient (Wildman–Crippen LogP) is 3.67. The minimum absolute atomic E-state index is 0.0768. The molecule has 3 heterocycles. The fourth-order valence-electron chi connectivity index (χ4n) is 3.29. The zero-order valence-electron chi connectivity index (χ0n) is 15.0.